The van der Waals surface area contributed by atoms with E-state index in [0.717, 1.165) is 37.4 Å². The van der Waals surface area contributed by atoms with Gasteiger partial charge in [0, 0.05) is 12.6 Å². The molecule has 2 bridgehead atoms. The van der Waals surface area contributed by atoms with E-state index in [2.05, 4.69) is 4.90 Å². The minimum atomic E-state index is -0.0394. The molecular weight excluding hydrogens is 251 g/mol. The summed E-state index contributed by atoms with van der Waals surface area (Å²) < 4.78 is 13.9. The van der Waals surface area contributed by atoms with Gasteiger partial charge in [-0.15, -0.1) is 0 Å². The Kier molecular flexibility index (Phi) is 4.37. The molecule has 2 nitrogen and oxygen atoms in total. The Morgan fingerprint density at radius 2 is 2.10 bits per heavy atom. The van der Waals surface area contributed by atoms with Crippen LogP contribution in [0.2, 0.25) is 0 Å². The van der Waals surface area contributed by atoms with Gasteiger partial charge < -0.3 is 5.73 Å². The third-order valence-corrected chi connectivity index (χ3v) is 5.10. The molecule has 1 aromatic rings. The first kappa shape index (κ1) is 14.0. The van der Waals surface area contributed by atoms with Gasteiger partial charge in [-0.05, 0) is 68.7 Å². The summed E-state index contributed by atoms with van der Waals surface area (Å²) in [6.07, 6.45) is 5.90. The first-order valence-corrected chi connectivity index (χ1v) is 7.95. The van der Waals surface area contributed by atoms with Crippen molar-refractivity contribution in [3.05, 3.63) is 35.6 Å². The SMILES string of the molecule is NCCCN1C[C@@H]2CC[C@H]1[C@H](Cc1ccccc1F)C2. The summed E-state index contributed by atoms with van der Waals surface area (Å²) in [4.78, 5) is 2.62. The normalized spacial score (nSPS) is 29.8. The van der Waals surface area contributed by atoms with Crippen molar-refractivity contribution in [3.8, 4) is 0 Å². The van der Waals surface area contributed by atoms with Crippen LogP contribution < -0.4 is 5.73 Å². The zero-order valence-electron chi connectivity index (χ0n) is 12.1. The molecule has 1 aromatic carbocycles. The zero-order valence-corrected chi connectivity index (χ0v) is 12.1. The van der Waals surface area contributed by atoms with E-state index in [4.69, 9.17) is 5.73 Å². The Morgan fingerprint density at radius 3 is 2.85 bits per heavy atom. The topological polar surface area (TPSA) is 29.3 Å². The molecule has 2 N–H and O–H groups in total. The fourth-order valence-corrected chi connectivity index (χ4v) is 4.18. The lowest BCUT2D eigenvalue weighted by atomic mass is 9.70. The van der Waals surface area contributed by atoms with Gasteiger partial charge in [0.15, 0.2) is 0 Å². The predicted octanol–water partition coefficient (Wildman–Crippen LogP) is 2.82. The van der Waals surface area contributed by atoms with E-state index in [1.54, 1.807) is 12.1 Å². The van der Waals surface area contributed by atoms with Gasteiger partial charge in [-0.2, -0.15) is 0 Å². The Hall–Kier alpha value is -0.930. The number of fused-ring (bicyclic) bond motifs is 3. The second-order valence-corrected chi connectivity index (χ2v) is 6.44. The minimum Gasteiger partial charge on any atom is -0.330 e. The number of hydrogen-bond donors (Lipinski definition) is 1. The molecule has 3 fully saturated rings. The molecule has 20 heavy (non-hydrogen) atoms. The summed E-state index contributed by atoms with van der Waals surface area (Å²) in [5.41, 5.74) is 6.54. The molecule has 0 radical (unpaired) electrons. The van der Waals surface area contributed by atoms with Crippen LogP contribution in [0.15, 0.2) is 24.3 Å². The Bertz CT molecular complexity index is 448. The van der Waals surface area contributed by atoms with E-state index in [9.17, 15) is 4.39 Å². The zero-order chi connectivity index (χ0) is 13.9. The van der Waals surface area contributed by atoms with Crippen molar-refractivity contribution >= 4 is 0 Å². The van der Waals surface area contributed by atoms with Gasteiger partial charge in [-0.3, -0.25) is 4.90 Å². The Balaban J connectivity index is 1.69. The summed E-state index contributed by atoms with van der Waals surface area (Å²) in [5.74, 6) is 1.40. The van der Waals surface area contributed by atoms with Gasteiger partial charge in [0.05, 0.1) is 0 Å². The number of halogens is 1. The molecule has 2 saturated heterocycles. The highest BCUT2D eigenvalue weighted by Gasteiger charge is 2.40. The summed E-state index contributed by atoms with van der Waals surface area (Å²) in [6.45, 7) is 3.12. The molecule has 0 unspecified atom stereocenters. The highest BCUT2D eigenvalue weighted by atomic mass is 19.1. The summed E-state index contributed by atoms with van der Waals surface area (Å²) in [7, 11) is 0. The van der Waals surface area contributed by atoms with E-state index in [1.165, 1.54) is 25.8 Å². The second kappa shape index (κ2) is 6.23. The van der Waals surface area contributed by atoms with Crippen LogP contribution in [0.3, 0.4) is 0 Å². The molecule has 0 spiro atoms. The summed E-state index contributed by atoms with van der Waals surface area (Å²) in [5, 5.41) is 0. The molecule has 2 heterocycles. The molecule has 3 aliphatic rings. The van der Waals surface area contributed by atoms with Gasteiger partial charge in [-0.1, -0.05) is 18.2 Å². The molecule has 0 aromatic heterocycles. The van der Waals surface area contributed by atoms with Crippen LogP contribution in [0.25, 0.3) is 0 Å². The first-order chi connectivity index (χ1) is 9.78. The lowest BCUT2D eigenvalue weighted by molar-refractivity contribution is 0.000920. The maximum absolute atomic E-state index is 13.9. The van der Waals surface area contributed by atoms with E-state index in [1.807, 2.05) is 12.1 Å². The Morgan fingerprint density at radius 1 is 1.25 bits per heavy atom. The fraction of sp³-hybridized carbons (Fsp3) is 0.647. The van der Waals surface area contributed by atoms with Crippen LogP contribution >= 0.6 is 0 Å². The lowest BCUT2D eigenvalue weighted by Crippen LogP contribution is -2.54. The van der Waals surface area contributed by atoms with E-state index in [0.29, 0.717) is 12.0 Å². The third kappa shape index (κ3) is 2.89. The first-order valence-electron chi connectivity index (χ1n) is 7.95. The molecule has 3 heteroatoms. The molecule has 4 rings (SSSR count). The van der Waals surface area contributed by atoms with E-state index < -0.39 is 0 Å². The average molecular weight is 276 g/mol. The number of hydrogen-bond acceptors (Lipinski definition) is 2. The van der Waals surface area contributed by atoms with Crippen molar-refractivity contribution in [1.82, 2.24) is 4.90 Å². The largest absolute Gasteiger partial charge is 0.330 e. The predicted molar refractivity (Wildman–Crippen MR) is 80.0 cm³/mol. The average Bonchev–Trinajstić information content (AvgIpc) is 2.48. The summed E-state index contributed by atoms with van der Waals surface area (Å²) in [6, 6.07) is 7.90. The molecule has 1 aliphatic carbocycles. The van der Waals surface area contributed by atoms with Crippen molar-refractivity contribution in [3.63, 3.8) is 0 Å². The van der Waals surface area contributed by atoms with Gasteiger partial charge in [-0.25, -0.2) is 4.39 Å². The number of benzene rings is 1. The highest BCUT2D eigenvalue weighted by molar-refractivity contribution is 5.18. The highest BCUT2D eigenvalue weighted by Crippen LogP contribution is 2.40. The van der Waals surface area contributed by atoms with Crippen molar-refractivity contribution < 1.29 is 4.39 Å². The van der Waals surface area contributed by atoms with Crippen molar-refractivity contribution in [2.45, 2.75) is 38.1 Å². The molecule has 0 amide bonds. The number of piperidine rings is 2. The minimum absolute atomic E-state index is 0.0394. The smallest absolute Gasteiger partial charge is 0.126 e. The molecule has 1 saturated carbocycles. The van der Waals surface area contributed by atoms with Crippen LogP contribution in [0.5, 0.6) is 0 Å². The van der Waals surface area contributed by atoms with Gasteiger partial charge in [0.2, 0.25) is 0 Å². The quantitative estimate of drug-likeness (QED) is 0.896. The fourth-order valence-electron chi connectivity index (χ4n) is 4.18. The molecule has 2 aliphatic heterocycles. The maximum Gasteiger partial charge on any atom is 0.126 e. The number of nitrogens with two attached hydrogens (primary N) is 1. The second-order valence-electron chi connectivity index (χ2n) is 6.44. The molecule has 110 valence electrons. The van der Waals surface area contributed by atoms with Crippen LogP contribution in [0.1, 0.15) is 31.2 Å². The van der Waals surface area contributed by atoms with E-state index in [-0.39, 0.29) is 5.82 Å². The van der Waals surface area contributed by atoms with Crippen molar-refractivity contribution in [2.75, 3.05) is 19.6 Å². The van der Waals surface area contributed by atoms with Crippen LogP contribution in [0, 0.1) is 17.7 Å². The van der Waals surface area contributed by atoms with Crippen molar-refractivity contribution in [1.29, 1.82) is 0 Å². The van der Waals surface area contributed by atoms with Gasteiger partial charge >= 0.3 is 0 Å². The molecule has 3 atom stereocenters. The van der Waals surface area contributed by atoms with Crippen LogP contribution in [-0.4, -0.2) is 30.6 Å². The van der Waals surface area contributed by atoms with Crippen molar-refractivity contribution in [2.24, 2.45) is 17.6 Å². The van der Waals surface area contributed by atoms with Crippen LogP contribution in [0.4, 0.5) is 4.39 Å². The van der Waals surface area contributed by atoms with Crippen LogP contribution in [-0.2, 0) is 6.42 Å². The maximum atomic E-state index is 13.9. The van der Waals surface area contributed by atoms with Gasteiger partial charge in [0.1, 0.15) is 5.82 Å². The summed E-state index contributed by atoms with van der Waals surface area (Å²) >= 11 is 0. The monoisotopic (exact) mass is 276 g/mol. The third-order valence-electron chi connectivity index (χ3n) is 5.10. The Labute approximate surface area is 121 Å². The number of nitrogens with zero attached hydrogens (tertiary/aromatic N) is 1. The number of rotatable bonds is 5. The standard InChI is InChI=1S/C17H25FN2/c18-16-5-2-1-4-14(16)11-15-10-13-6-7-17(15)20(12-13)9-3-8-19/h1-2,4-5,13,15,17H,3,6-12,19H2/t13-,15+,17+/m1/s1. The van der Waals surface area contributed by atoms with Gasteiger partial charge in [0.25, 0.3) is 0 Å². The lowest BCUT2D eigenvalue weighted by Gasteiger charge is -2.50. The molecular formula is C17H25FN2. The van der Waals surface area contributed by atoms with E-state index >= 15 is 0 Å².